The van der Waals surface area contributed by atoms with Gasteiger partial charge in [0.25, 0.3) is 0 Å². The van der Waals surface area contributed by atoms with Crippen molar-refractivity contribution in [2.75, 3.05) is 36.2 Å². The van der Waals surface area contributed by atoms with Crippen LogP contribution in [0.15, 0.2) is 40.9 Å². The maximum absolute atomic E-state index is 12.5. The number of anilines is 2. The number of piperidine rings is 1. The summed E-state index contributed by atoms with van der Waals surface area (Å²) in [6.07, 6.45) is 3.59. The van der Waals surface area contributed by atoms with E-state index in [0.29, 0.717) is 16.0 Å². The lowest BCUT2D eigenvalue weighted by Crippen LogP contribution is -2.31. The molecule has 1 fully saturated rings. The highest BCUT2D eigenvalue weighted by Gasteiger charge is 2.22. The highest BCUT2D eigenvalue weighted by Crippen LogP contribution is 2.28. The van der Waals surface area contributed by atoms with Crippen LogP contribution in [-0.4, -0.2) is 57.6 Å². The SMILES string of the molecule is COC(=O)Cc1csc(NC(=O)CSc2nnc(N3CCCCC3)n2-c2ccccc2)n1. The van der Waals surface area contributed by atoms with E-state index in [4.69, 9.17) is 0 Å². The quantitative estimate of drug-likeness (QED) is 0.394. The number of esters is 1. The third-order valence-corrected chi connectivity index (χ3v) is 6.69. The van der Waals surface area contributed by atoms with Gasteiger partial charge in [0.15, 0.2) is 10.3 Å². The minimum atomic E-state index is -0.367. The molecule has 0 aliphatic carbocycles. The highest BCUT2D eigenvalue weighted by atomic mass is 32.2. The number of thiazole rings is 1. The Balaban J connectivity index is 1.44. The van der Waals surface area contributed by atoms with E-state index in [0.717, 1.165) is 37.6 Å². The number of hydrogen-bond donors (Lipinski definition) is 1. The van der Waals surface area contributed by atoms with Crippen LogP contribution in [0.2, 0.25) is 0 Å². The average Bonchev–Trinajstić information content (AvgIpc) is 3.45. The second-order valence-corrected chi connectivity index (χ2v) is 9.04. The molecule has 1 N–H and O–H groups in total. The van der Waals surface area contributed by atoms with E-state index >= 15 is 0 Å². The maximum atomic E-state index is 12.5. The van der Waals surface area contributed by atoms with E-state index in [1.54, 1.807) is 5.38 Å². The summed E-state index contributed by atoms with van der Waals surface area (Å²) in [5.74, 6) is 0.410. The average molecular weight is 473 g/mol. The lowest BCUT2D eigenvalue weighted by Gasteiger charge is -2.27. The topological polar surface area (TPSA) is 102 Å². The molecular weight excluding hydrogens is 448 g/mol. The van der Waals surface area contributed by atoms with Crippen molar-refractivity contribution in [3.8, 4) is 5.69 Å². The second kappa shape index (κ2) is 10.6. The zero-order chi connectivity index (χ0) is 22.3. The first-order valence-corrected chi connectivity index (χ1v) is 12.2. The van der Waals surface area contributed by atoms with Gasteiger partial charge in [0.2, 0.25) is 11.9 Å². The Bertz CT molecular complexity index is 1060. The van der Waals surface area contributed by atoms with Crippen molar-refractivity contribution in [3.05, 3.63) is 41.4 Å². The Morgan fingerprint density at radius 3 is 2.69 bits per heavy atom. The minimum absolute atomic E-state index is 0.0804. The largest absolute Gasteiger partial charge is 0.469 e. The first kappa shape index (κ1) is 22.3. The number of aromatic nitrogens is 4. The van der Waals surface area contributed by atoms with Crippen LogP contribution in [0.4, 0.5) is 11.1 Å². The maximum Gasteiger partial charge on any atom is 0.311 e. The van der Waals surface area contributed by atoms with Gasteiger partial charge in [-0.3, -0.25) is 14.2 Å². The molecule has 1 aliphatic heterocycles. The standard InChI is InChI=1S/C21H24N6O3S2/c1-30-18(29)12-15-13-31-19(22-15)23-17(28)14-32-21-25-24-20(26-10-6-3-7-11-26)27(21)16-8-4-2-5-9-16/h2,4-5,8-9,13H,3,6-7,10-12,14H2,1H3,(H,22,23,28). The summed E-state index contributed by atoms with van der Waals surface area (Å²) < 4.78 is 6.66. The summed E-state index contributed by atoms with van der Waals surface area (Å²) in [5.41, 5.74) is 1.54. The molecule has 1 aliphatic rings. The number of rotatable bonds is 8. The number of nitrogens with zero attached hydrogens (tertiary/aromatic N) is 5. The zero-order valence-electron chi connectivity index (χ0n) is 17.7. The second-order valence-electron chi connectivity index (χ2n) is 7.23. The van der Waals surface area contributed by atoms with Crippen molar-refractivity contribution in [1.29, 1.82) is 0 Å². The van der Waals surface area contributed by atoms with Gasteiger partial charge in [0.05, 0.1) is 30.7 Å². The monoisotopic (exact) mass is 472 g/mol. The summed E-state index contributed by atoms with van der Waals surface area (Å²) in [5, 5.41) is 14.5. The van der Waals surface area contributed by atoms with Gasteiger partial charge in [-0.25, -0.2) is 4.98 Å². The van der Waals surface area contributed by atoms with E-state index in [9.17, 15) is 9.59 Å². The third kappa shape index (κ3) is 5.46. The van der Waals surface area contributed by atoms with E-state index in [1.807, 2.05) is 34.9 Å². The molecule has 0 spiro atoms. The van der Waals surface area contributed by atoms with Crippen LogP contribution in [0.1, 0.15) is 25.0 Å². The number of amides is 1. The van der Waals surface area contributed by atoms with Crippen LogP contribution in [0.5, 0.6) is 0 Å². The molecule has 4 rings (SSSR count). The molecule has 1 amide bonds. The van der Waals surface area contributed by atoms with Gasteiger partial charge < -0.3 is 15.0 Å². The number of thioether (sulfide) groups is 1. The first-order valence-electron chi connectivity index (χ1n) is 10.3. The summed E-state index contributed by atoms with van der Waals surface area (Å²) in [7, 11) is 1.33. The van der Waals surface area contributed by atoms with E-state index in [-0.39, 0.29) is 24.1 Å². The van der Waals surface area contributed by atoms with Gasteiger partial charge in [-0.1, -0.05) is 30.0 Å². The summed E-state index contributed by atoms with van der Waals surface area (Å²) in [6.45, 7) is 1.90. The van der Waals surface area contributed by atoms with Crippen LogP contribution >= 0.6 is 23.1 Å². The van der Waals surface area contributed by atoms with Crippen LogP contribution in [0.3, 0.4) is 0 Å². The number of hydrogen-bond acceptors (Lipinski definition) is 9. The Labute approximate surface area is 194 Å². The zero-order valence-corrected chi connectivity index (χ0v) is 19.3. The van der Waals surface area contributed by atoms with Crippen molar-refractivity contribution in [1.82, 2.24) is 19.7 Å². The van der Waals surface area contributed by atoms with Crippen LogP contribution in [-0.2, 0) is 20.7 Å². The molecule has 32 heavy (non-hydrogen) atoms. The smallest absolute Gasteiger partial charge is 0.311 e. The summed E-state index contributed by atoms with van der Waals surface area (Å²) in [6, 6.07) is 9.95. The molecule has 168 valence electrons. The molecule has 3 heterocycles. The minimum Gasteiger partial charge on any atom is -0.469 e. The van der Waals surface area contributed by atoms with Crippen molar-refractivity contribution < 1.29 is 14.3 Å². The summed E-state index contributed by atoms with van der Waals surface area (Å²) >= 11 is 2.60. The molecular formula is C21H24N6O3S2. The number of carbonyl (C=O) groups is 2. The Kier molecular flexibility index (Phi) is 7.38. The van der Waals surface area contributed by atoms with Crippen molar-refractivity contribution >= 4 is 46.1 Å². The number of para-hydroxylation sites is 1. The normalized spacial score (nSPS) is 13.7. The lowest BCUT2D eigenvalue weighted by molar-refractivity contribution is -0.139. The van der Waals surface area contributed by atoms with E-state index in [2.05, 4.69) is 30.1 Å². The summed E-state index contributed by atoms with van der Waals surface area (Å²) in [4.78, 5) is 30.4. The fourth-order valence-electron chi connectivity index (χ4n) is 3.41. The molecule has 1 aromatic carbocycles. The molecule has 9 nitrogen and oxygen atoms in total. The fraction of sp³-hybridized carbons (Fsp3) is 0.381. The van der Waals surface area contributed by atoms with Crippen LogP contribution in [0.25, 0.3) is 5.69 Å². The predicted octanol–water partition coefficient (Wildman–Crippen LogP) is 3.16. The molecule has 0 radical (unpaired) electrons. The van der Waals surface area contributed by atoms with Gasteiger partial charge in [0, 0.05) is 18.5 Å². The molecule has 0 saturated carbocycles. The van der Waals surface area contributed by atoms with Crippen LogP contribution < -0.4 is 10.2 Å². The number of benzene rings is 1. The molecule has 3 aromatic rings. The molecule has 0 unspecified atom stereocenters. The van der Waals surface area contributed by atoms with Gasteiger partial charge in [-0.05, 0) is 31.4 Å². The van der Waals surface area contributed by atoms with Gasteiger partial charge in [-0.15, -0.1) is 21.5 Å². The molecule has 11 heteroatoms. The Morgan fingerprint density at radius 2 is 1.94 bits per heavy atom. The first-order chi connectivity index (χ1) is 15.6. The molecule has 0 atom stereocenters. The van der Waals surface area contributed by atoms with Crippen molar-refractivity contribution in [2.45, 2.75) is 30.8 Å². The number of methoxy groups -OCH3 is 1. The van der Waals surface area contributed by atoms with Gasteiger partial charge in [0.1, 0.15) is 0 Å². The fourth-order valence-corrected chi connectivity index (χ4v) is 4.88. The number of nitrogens with one attached hydrogen (secondary N) is 1. The number of ether oxygens (including phenoxy) is 1. The predicted molar refractivity (Wildman–Crippen MR) is 125 cm³/mol. The van der Waals surface area contributed by atoms with E-state index < -0.39 is 0 Å². The molecule has 2 aromatic heterocycles. The van der Waals surface area contributed by atoms with Crippen LogP contribution in [0, 0.1) is 0 Å². The Hall–Kier alpha value is -2.92. The molecule has 0 bridgehead atoms. The van der Waals surface area contributed by atoms with E-state index in [1.165, 1.54) is 36.6 Å². The van der Waals surface area contributed by atoms with Crippen molar-refractivity contribution in [2.24, 2.45) is 0 Å². The van der Waals surface area contributed by atoms with Gasteiger partial charge in [-0.2, -0.15) is 0 Å². The Morgan fingerprint density at radius 1 is 1.16 bits per heavy atom. The number of carbonyl (C=O) groups excluding carboxylic acids is 2. The third-order valence-electron chi connectivity index (χ3n) is 4.95. The lowest BCUT2D eigenvalue weighted by atomic mass is 10.1. The highest BCUT2D eigenvalue weighted by molar-refractivity contribution is 7.99. The van der Waals surface area contributed by atoms with Gasteiger partial charge >= 0.3 is 5.97 Å². The van der Waals surface area contributed by atoms with Crippen molar-refractivity contribution in [3.63, 3.8) is 0 Å². The molecule has 1 saturated heterocycles.